The average molecular weight is 305 g/mol. The summed E-state index contributed by atoms with van der Waals surface area (Å²) in [5.74, 6) is 0.361. The summed E-state index contributed by atoms with van der Waals surface area (Å²) in [5, 5.41) is 5.76. The van der Waals surface area contributed by atoms with Gasteiger partial charge in [-0.2, -0.15) is 0 Å². The van der Waals surface area contributed by atoms with Crippen molar-refractivity contribution in [3.63, 3.8) is 0 Å². The molecule has 1 aliphatic carbocycles. The normalized spacial score (nSPS) is 17.0. The summed E-state index contributed by atoms with van der Waals surface area (Å²) in [5.41, 5.74) is 7.74. The van der Waals surface area contributed by atoms with Crippen molar-refractivity contribution < 1.29 is 4.79 Å². The quantitative estimate of drug-likeness (QED) is 0.747. The zero-order chi connectivity index (χ0) is 15.2. The number of carbonyl (C=O) groups excluding carboxylic acids is 1. The highest BCUT2D eigenvalue weighted by molar-refractivity contribution is 7.80. The van der Waals surface area contributed by atoms with Gasteiger partial charge in [0.25, 0.3) is 0 Å². The van der Waals surface area contributed by atoms with Gasteiger partial charge in [-0.25, -0.2) is 4.79 Å². The van der Waals surface area contributed by atoms with Gasteiger partial charge in [-0.1, -0.05) is 49.2 Å². The first-order valence-electron chi connectivity index (χ1n) is 7.50. The summed E-state index contributed by atoms with van der Waals surface area (Å²) in [6.07, 6.45) is 5.78. The Labute approximate surface area is 131 Å². The highest BCUT2D eigenvalue weighted by atomic mass is 32.1. The molecular formula is C16H23N3OS. The lowest BCUT2D eigenvalue weighted by atomic mass is 9.84. The minimum atomic E-state index is -0.248. The summed E-state index contributed by atoms with van der Waals surface area (Å²) >= 11 is 5.13. The second-order valence-corrected chi connectivity index (χ2v) is 6.21. The number of amides is 2. The molecule has 1 saturated carbocycles. The smallest absolute Gasteiger partial charge is 0.319 e. The van der Waals surface area contributed by atoms with Gasteiger partial charge in [0, 0.05) is 5.69 Å². The van der Waals surface area contributed by atoms with E-state index >= 15 is 0 Å². The Morgan fingerprint density at radius 2 is 1.86 bits per heavy atom. The fourth-order valence-electron chi connectivity index (χ4n) is 2.83. The number of nitrogens with one attached hydrogen (secondary N) is 2. The van der Waals surface area contributed by atoms with Crippen molar-refractivity contribution >= 4 is 28.9 Å². The van der Waals surface area contributed by atoms with Crippen LogP contribution in [0.2, 0.25) is 0 Å². The number of nitrogens with two attached hydrogens (primary N) is 1. The molecule has 0 heterocycles. The zero-order valence-corrected chi connectivity index (χ0v) is 13.2. The zero-order valence-electron chi connectivity index (χ0n) is 12.4. The predicted octanol–water partition coefficient (Wildman–Crippen LogP) is 3.35. The lowest BCUT2D eigenvalue weighted by Crippen LogP contribution is -2.50. The molecule has 2 rings (SSSR count). The Kier molecular flexibility index (Phi) is 5.56. The molecule has 0 aromatic heterocycles. The minimum Gasteiger partial charge on any atom is -0.392 e. The minimum absolute atomic E-state index is 0.217. The van der Waals surface area contributed by atoms with Gasteiger partial charge in [-0.3, -0.25) is 0 Å². The van der Waals surface area contributed by atoms with Gasteiger partial charge in [0.05, 0.1) is 11.0 Å². The van der Waals surface area contributed by atoms with Gasteiger partial charge in [0.15, 0.2) is 0 Å². The molecule has 4 nitrogen and oxygen atoms in total. The van der Waals surface area contributed by atoms with Crippen molar-refractivity contribution in [2.24, 2.45) is 11.7 Å². The topological polar surface area (TPSA) is 67.2 Å². The van der Waals surface area contributed by atoms with Crippen LogP contribution in [-0.4, -0.2) is 17.1 Å². The number of rotatable bonds is 4. The number of anilines is 1. The SMILES string of the molecule is Cc1ccc(NC(=O)NC(C(N)=S)C2CCCCC2)cc1. The molecule has 0 saturated heterocycles. The van der Waals surface area contributed by atoms with E-state index in [1.54, 1.807) is 0 Å². The molecule has 1 fully saturated rings. The van der Waals surface area contributed by atoms with Crippen LogP contribution >= 0.6 is 12.2 Å². The first kappa shape index (κ1) is 15.8. The van der Waals surface area contributed by atoms with Crippen molar-refractivity contribution in [3.05, 3.63) is 29.8 Å². The summed E-state index contributed by atoms with van der Waals surface area (Å²) < 4.78 is 0. The van der Waals surface area contributed by atoms with Crippen molar-refractivity contribution in [1.29, 1.82) is 0 Å². The van der Waals surface area contributed by atoms with E-state index in [0.29, 0.717) is 10.9 Å². The molecule has 1 aromatic rings. The Morgan fingerprint density at radius 1 is 1.24 bits per heavy atom. The standard InChI is InChI=1S/C16H23N3OS/c1-11-7-9-13(10-8-11)18-16(20)19-14(15(17)21)12-5-3-2-4-6-12/h7-10,12,14H,2-6H2,1H3,(H2,17,21)(H2,18,19,20). The van der Waals surface area contributed by atoms with Crippen LogP contribution in [0.1, 0.15) is 37.7 Å². The third kappa shape index (κ3) is 4.70. The van der Waals surface area contributed by atoms with Crippen LogP contribution in [0.25, 0.3) is 0 Å². The maximum absolute atomic E-state index is 12.1. The molecule has 0 radical (unpaired) electrons. The summed E-state index contributed by atoms with van der Waals surface area (Å²) in [6, 6.07) is 7.22. The summed E-state index contributed by atoms with van der Waals surface area (Å²) in [6.45, 7) is 2.01. The number of thiocarbonyl (C=S) groups is 1. The highest BCUT2D eigenvalue weighted by Crippen LogP contribution is 2.26. The van der Waals surface area contributed by atoms with Crippen LogP contribution < -0.4 is 16.4 Å². The van der Waals surface area contributed by atoms with Gasteiger partial charge >= 0.3 is 6.03 Å². The Bertz CT molecular complexity index is 495. The molecule has 1 aromatic carbocycles. The van der Waals surface area contributed by atoms with E-state index in [2.05, 4.69) is 10.6 Å². The molecule has 21 heavy (non-hydrogen) atoms. The Balaban J connectivity index is 1.94. The largest absolute Gasteiger partial charge is 0.392 e. The molecule has 0 aliphatic heterocycles. The van der Waals surface area contributed by atoms with Crippen LogP contribution in [0.15, 0.2) is 24.3 Å². The first-order valence-corrected chi connectivity index (χ1v) is 7.90. The van der Waals surface area contributed by atoms with Gasteiger partial charge in [-0.15, -0.1) is 0 Å². The lowest BCUT2D eigenvalue weighted by Gasteiger charge is -2.30. The maximum atomic E-state index is 12.1. The molecule has 1 unspecified atom stereocenters. The van der Waals surface area contributed by atoms with Crippen LogP contribution in [0.3, 0.4) is 0 Å². The van der Waals surface area contributed by atoms with Gasteiger partial charge in [0.1, 0.15) is 0 Å². The predicted molar refractivity (Wildman–Crippen MR) is 90.5 cm³/mol. The fourth-order valence-corrected chi connectivity index (χ4v) is 3.09. The number of urea groups is 1. The second kappa shape index (κ2) is 7.41. The summed E-state index contributed by atoms with van der Waals surface area (Å²) in [7, 11) is 0. The molecule has 1 aliphatic rings. The molecular weight excluding hydrogens is 282 g/mol. The van der Waals surface area contributed by atoms with E-state index in [-0.39, 0.29) is 12.1 Å². The lowest BCUT2D eigenvalue weighted by molar-refractivity contribution is 0.242. The second-order valence-electron chi connectivity index (χ2n) is 5.74. The van der Waals surface area contributed by atoms with Crippen LogP contribution in [0.5, 0.6) is 0 Å². The number of hydrogen-bond donors (Lipinski definition) is 3. The molecule has 1 atom stereocenters. The van der Waals surface area contributed by atoms with E-state index in [9.17, 15) is 4.79 Å². The first-order chi connectivity index (χ1) is 10.1. The Hall–Kier alpha value is -1.62. The van der Waals surface area contributed by atoms with Crippen molar-refractivity contribution in [1.82, 2.24) is 5.32 Å². The van der Waals surface area contributed by atoms with E-state index in [0.717, 1.165) is 24.1 Å². The number of hydrogen-bond acceptors (Lipinski definition) is 2. The van der Waals surface area contributed by atoms with Crippen LogP contribution in [-0.2, 0) is 0 Å². The van der Waals surface area contributed by atoms with Crippen molar-refractivity contribution in [3.8, 4) is 0 Å². The van der Waals surface area contributed by atoms with Crippen molar-refractivity contribution in [2.75, 3.05) is 5.32 Å². The molecule has 0 bridgehead atoms. The monoisotopic (exact) mass is 305 g/mol. The average Bonchev–Trinajstić information content (AvgIpc) is 2.48. The van der Waals surface area contributed by atoms with Gasteiger partial charge in [0.2, 0.25) is 0 Å². The van der Waals surface area contributed by atoms with Gasteiger partial charge < -0.3 is 16.4 Å². The Morgan fingerprint density at radius 3 is 2.43 bits per heavy atom. The number of aryl methyl sites for hydroxylation is 1. The highest BCUT2D eigenvalue weighted by Gasteiger charge is 2.27. The third-order valence-electron chi connectivity index (χ3n) is 4.02. The van der Waals surface area contributed by atoms with E-state index in [1.165, 1.54) is 19.3 Å². The molecule has 2 amide bonds. The molecule has 5 heteroatoms. The molecule has 4 N–H and O–H groups in total. The third-order valence-corrected chi connectivity index (χ3v) is 4.28. The van der Waals surface area contributed by atoms with E-state index in [4.69, 9.17) is 18.0 Å². The summed E-state index contributed by atoms with van der Waals surface area (Å²) in [4.78, 5) is 12.5. The molecule has 0 spiro atoms. The fraction of sp³-hybridized carbons (Fsp3) is 0.500. The van der Waals surface area contributed by atoms with Gasteiger partial charge in [-0.05, 0) is 37.8 Å². The van der Waals surface area contributed by atoms with Crippen LogP contribution in [0, 0.1) is 12.8 Å². The number of carbonyl (C=O) groups is 1. The van der Waals surface area contributed by atoms with E-state index < -0.39 is 0 Å². The maximum Gasteiger partial charge on any atom is 0.319 e. The number of benzene rings is 1. The molecule has 114 valence electrons. The van der Waals surface area contributed by atoms with E-state index in [1.807, 2.05) is 31.2 Å². The van der Waals surface area contributed by atoms with Crippen molar-refractivity contribution in [2.45, 2.75) is 45.1 Å². The van der Waals surface area contributed by atoms with Crippen LogP contribution in [0.4, 0.5) is 10.5 Å².